The van der Waals surface area contributed by atoms with Crippen LogP contribution in [0.2, 0.25) is 0 Å². The normalized spacial score (nSPS) is 12.2. The van der Waals surface area contributed by atoms with Gasteiger partial charge in [-0.15, -0.1) is 0 Å². The van der Waals surface area contributed by atoms with E-state index in [2.05, 4.69) is 35.6 Å². The number of carbonyl (C=O) groups is 1. The Balaban J connectivity index is 1.71. The molecule has 0 saturated carbocycles. The molecule has 0 aliphatic heterocycles. The number of nitrogens with one attached hydrogen (secondary N) is 1. The van der Waals surface area contributed by atoms with Crippen LogP contribution in [0.1, 0.15) is 6.42 Å². The van der Waals surface area contributed by atoms with Gasteiger partial charge in [0.15, 0.2) is 8.87 Å². The summed E-state index contributed by atoms with van der Waals surface area (Å²) < 4.78 is 22.3. The molecule has 0 heterocycles. The molecule has 0 saturated heterocycles. The van der Waals surface area contributed by atoms with E-state index in [1.807, 2.05) is 24.3 Å². The van der Waals surface area contributed by atoms with Crippen molar-refractivity contribution < 1.29 is 13.2 Å². The smallest absolute Gasteiger partial charge is 0.225 e. The second-order valence-corrected chi connectivity index (χ2v) is 10.9. The zero-order valence-electron chi connectivity index (χ0n) is 14.2. The summed E-state index contributed by atoms with van der Waals surface area (Å²) in [7, 11) is -2.33. The quantitative estimate of drug-likeness (QED) is 0.404. The highest BCUT2D eigenvalue weighted by Gasteiger charge is 2.13. The van der Waals surface area contributed by atoms with Gasteiger partial charge in [0.1, 0.15) is 0 Å². The Kier molecular flexibility index (Phi) is 4.25. The van der Waals surface area contributed by atoms with E-state index in [-0.39, 0.29) is 18.1 Å². The topological polar surface area (TPSA) is 63.2 Å². The molecule has 4 aromatic carbocycles. The molecule has 1 N–H and O–H groups in total. The predicted octanol–water partition coefficient (Wildman–Crippen LogP) is 4.61. The Morgan fingerprint density at radius 1 is 0.923 bits per heavy atom. The molecule has 4 aromatic rings. The Morgan fingerprint density at radius 2 is 1.54 bits per heavy atom. The van der Waals surface area contributed by atoms with E-state index >= 15 is 0 Å². The van der Waals surface area contributed by atoms with Gasteiger partial charge >= 0.3 is 0 Å². The fraction of sp³-hybridized carbons (Fsp3) is 0.150. The van der Waals surface area contributed by atoms with Crippen LogP contribution < -0.4 is 5.32 Å². The molecule has 0 radical (unpaired) electrons. The van der Waals surface area contributed by atoms with Crippen LogP contribution in [0.15, 0.2) is 54.6 Å². The van der Waals surface area contributed by atoms with Crippen molar-refractivity contribution in [2.45, 2.75) is 6.42 Å². The van der Waals surface area contributed by atoms with E-state index in [9.17, 15) is 13.2 Å². The zero-order chi connectivity index (χ0) is 18.3. The first kappa shape index (κ1) is 17.1. The Hall–Kier alpha value is -2.31. The lowest BCUT2D eigenvalue weighted by molar-refractivity contribution is -0.115. The maximum atomic E-state index is 12.2. The molecule has 0 aliphatic carbocycles. The summed E-state index contributed by atoms with van der Waals surface area (Å²) in [4.78, 5) is 12.2. The van der Waals surface area contributed by atoms with Gasteiger partial charge < -0.3 is 5.32 Å². The van der Waals surface area contributed by atoms with Gasteiger partial charge in [0.2, 0.25) is 5.91 Å². The van der Waals surface area contributed by atoms with Gasteiger partial charge in [-0.25, -0.2) is 8.42 Å². The summed E-state index contributed by atoms with van der Waals surface area (Å²) in [5.74, 6) is 0.0624. The summed E-state index contributed by atoms with van der Waals surface area (Å²) in [5.41, 5.74) is 0.755. The van der Waals surface area contributed by atoms with Crippen molar-refractivity contribution in [2.24, 2.45) is 0 Å². The van der Waals surface area contributed by atoms with Crippen molar-refractivity contribution in [2.75, 3.05) is 17.3 Å². The van der Waals surface area contributed by atoms with Crippen molar-refractivity contribution in [1.29, 1.82) is 0 Å². The van der Waals surface area contributed by atoms with Gasteiger partial charge in [-0.3, -0.25) is 4.79 Å². The lowest BCUT2D eigenvalue weighted by Gasteiger charge is -2.14. The molecule has 1 amide bonds. The Morgan fingerprint density at radius 3 is 2.23 bits per heavy atom. The lowest BCUT2D eigenvalue weighted by atomic mass is 9.93. The number of carbonyl (C=O) groups excluding carboxylic acids is 1. The third-order valence-electron chi connectivity index (χ3n) is 4.43. The molecule has 0 aliphatic rings. The van der Waals surface area contributed by atoms with Crippen molar-refractivity contribution >= 4 is 63.6 Å². The standard InChI is InChI=1S/C20H17NO3S2/c1-26(23,24)25-12-11-18(22)21-17-10-8-15-6-5-13-3-2-4-14-7-9-16(17)20(15)19(13)14/h2-10H,11-12H2,1H3,(H,21,22). The highest BCUT2D eigenvalue weighted by molar-refractivity contribution is 8.71. The maximum absolute atomic E-state index is 12.2. The predicted molar refractivity (Wildman–Crippen MR) is 111 cm³/mol. The van der Waals surface area contributed by atoms with E-state index < -0.39 is 8.87 Å². The number of hydrogen-bond acceptors (Lipinski definition) is 4. The molecule has 0 atom stereocenters. The minimum Gasteiger partial charge on any atom is -0.325 e. The van der Waals surface area contributed by atoms with Gasteiger partial charge in [0, 0.05) is 29.5 Å². The summed E-state index contributed by atoms with van der Waals surface area (Å²) in [6.45, 7) is 0. The van der Waals surface area contributed by atoms with Crippen molar-refractivity contribution in [3.05, 3.63) is 54.6 Å². The molecule has 0 aromatic heterocycles. The molecule has 4 nitrogen and oxygen atoms in total. The van der Waals surface area contributed by atoms with E-state index in [1.54, 1.807) is 0 Å². The third-order valence-corrected chi connectivity index (χ3v) is 7.01. The summed E-state index contributed by atoms with van der Waals surface area (Å²) in [6.07, 6.45) is 1.30. The van der Waals surface area contributed by atoms with Crippen LogP contribution >= 0.6 is 10.8 Å². The summed E-state index contributed by atoms with van der Waals surface area (Å²) in [6, 6.07) is 18.5. The molecule has 0 fully saturated rings. The number of anilines is 1. The number of rotatable bonds is 5. The minimum atomic E-state index is -3.13. The number of hydrogen-bond donors (Lipinski definition) is 1. The van der Waals surface area contributed by atoms with Crippen molar-refractivity contribution in [3.63, 3.8) is 0 Å². The number of amides is 1. The Bertz CT molecular complexity index is 1220. The monoisotopic (exact) mass is 383 g/mol. The van der Waals surface area contributed by atoms with Gasteiger partial charge in [-0.1, -0.05) is 48.5 Å². The average molecular weight is 383 g/mol. The second-order valence-electron chi connectivity index (χ2n) is 6.29. The molecule has 0 unspecified atom stereocenters. The first-order valence-electron chi connectivity index (χ1n) is 8.23. The van der Waals surface area contributed by atoms with Gasteiger partial charge in [-0.2, -0.15) is 0 Å². The molecule has 6 heteroatoms. The van der Waals surface area contributed by atoms with Crippen LogP contribution in [0.25, 0.3) is 32.3 Å². The highest BCUT2D eigenvalue weighted by Crippen LogP contribution is 2.37. The largest absolute Gasteiger partial charge is 0.325 e. The molecular weight excluding hydrogens is 366 g/mol. The van der Waals surface area contributed by atoms with E-state index in [0.29, 0.717) is 0 Å². The first-order chi connectivity index (χ1) is 12.4. The molecule has 132 valence electrons. The molecule has 0 bridgehead atoms. The fourth-order valence-corrected chi connectivity index (χ4v) is 5.07. The number of benzene rings is 4. The van der Waals surface area contributed by atoms with Gasteiger partial charge in [0.25, 0.3) is 0 Å². The fourth-order valence-electron chi connectivity index (χ4n) is 3.34. The average Bonchev–Trinajstić information content (AvgIpc) is 2.60. The SMILES string of the molecule is CS(=O)(=O)SCCC(=O)Nc1ccc2ccc3cccc4ccc1c2c34. The van der Waals surface area contributed by atoms with Crippen LogP contribution in [0.4, 0.5) is 5.69 Å². The highest BCUT2D eigenvalue weighted by atomic mass is 33.1. The second kappa shape index (κ2) is 6.45. The van der Waals surface area contributed by atoms with E-state index in [1.165, 1.54) is 16.2 Å². The molecule has 26 heavy (non-hydrogen) atoms. The third kappa shape index (κ3) is 3.22. The minimum absolute atomic E-state index is 0.152. The van der Waals surface area contributed by atoms with Crippen LogP contribution in [0.5, 0.6) is 0 Å². The van der Waals surface area contributed by atoms with Crippen molar-refractivity contribution in [1.82, 2.24) is 0 Å². The van der Waals surface area contributed by atoms with Crippen molar-refractivity contribution in [3.8, 4) is 0 Å². The van der Waals surface area contributed by atoms with Crippen LogP contribution in [0.3, 0.4) is 0 Å². The van der Waals surface area contributed by atoms with Crippen LogP contribution in [-0.4, -0.2) is 26.3 Å². The molecule has 4 rings (SSSR count). The molecule has 0 spiro atoms. The zero-order valence-corrected chi connectivity index (χ0v) is 15.8. The van der Waals surface area contributed by atoms with Gasteiger partial charge in [0.05, 0.1) is 0 Å². The summed E-state index contributed by atoms with van der Waals surface area (Å²) in [5, 5.41) is 9.76. The molecular formula is C20H17NO3S2. The maximum Gasteiger partial charge on any atom is 0.225 e. The van der Waals surface area contributed by atoms with Crippen LogP contribution in [-0.2, 0) is 13.7 Å². The van der Waals surface area contributed by atoms with E-state index in [0.717, 1.165) is 38.9 Å². The van der Waals surface area contributed by atoms with Crippen LogP contribution in [0, 0.1) is 0 Å². The van der Waals surface area contributed by atoms with Gasteiger partial charge in [-0.05, 0) is 43.8 Å². The Labute approximate surface area is 155 Å². The van der Waals surface area contributed by atoms with E-state index in [4.69, 9.17) is 0 Å². The first-order valence-corrected chi connectivity index (χ1v) is 11.6. The lowest BCUT2D eigenvalue weighted by Crippen LogP contribution is -2.13. The summed E-state index contributed by atoms with van der Waals surface area (Å²) >= 11 is 0.